The first kappa shape index (κ1) is 17.7. The number of hydrogen-bond acceptors (Lipinski definition) is 3. The predicted octanol–water partition coefficient (Wildman–Crippen LogP) is 4.25. The summed E-state index contributed by atoms with van der Waals surface area (Å²) in [5, 5.41) is 9.54. The largest absolute Gasteiger partial charge is 0.458 e. The van der Waals surface area contributed by atoms with Crippen LogP contribution in [0.15, 0.2) is 47.1 Å². The molecule has 1 heterocycles. The SMILES string of the molecule is C=C1C(=O)O[C@@H]2C/C(C)=C/CC/C(C)=C/CC/C(CO)=C/C[C@@H]12. The molecule has 23 heavy (non-hydrogen) atoms. The van der Waals surface area contributed by atoms with Crippen molar-refractivity contribution in [2.75, 3.05) is 6.61 Å². The number of carbonyl (C=O) groups is 1. The maximum Gasteiger partial charge on any atom is 0.334 e. The third-order valence-corrected chi connectivity index (χ3v) is 4.79. The van der Waals surface area contributed by atoms with Crippen molar-refractivity contribution in [3.8, 4) is 0 Å². The van der Waals surface area contributed by atoms with Crippen LogP contribution in [0.2, 0.25) is 0 Å². The van der Waals surface area contributed by atoms with Gasteiger partial charge in [0.25, 0.3) is 0 Å². The topological polar surface area (TPSA) is 46.5 Å². The van der Waals surface area contributed by atoms with Gasteiger partial charge in [-0.15, -0.1) is 0 Å². The van der Waals surface area contributed by atoms with E-state index < -0.39 is 0 Å². The van der Waals surface area contributed by atoms with Crippen molar-refractivity contribution in [3.05, 3.63) is 47.1 Å². The summed E-state index contributed by atoms with van der Waals surface area (Å²) in [5.41, 5.74) is 4.25. The molecule has 0 unspecified atom stereocenters. The molecule has 0 spiro atoms. The van der Waals surface area contributed by atoms with Gasteiger partial charge < -0.3 is 9.84 Å². The smallest absolute Gasteiger partial charge is 0.334 e. The van der Waals surface area contributed by atoms with Gasteiger partial charge in [0.2, 0.25) is 0 Å². The van der Waals surface area contributed by atoms with Gasteiger partial charge in [-0.2, -0.15) is 0 Å². The van der Waals surface area contributed by atoms with Crippen LogP contribution in [0.1, 0.15) is 52.4 Å². The molecular formula is C20H28O3. The summed E-state index contributed by atoms with van der Waals surface area (Å²) < 4.78 is 5.52. The fraction of sp³-hybridized carbons (Fsp3) is 0.550. The van der Waals surface area contributed by atoms with Crippen molar-refractivity contribution in [2.24, 2.45) is 5.92 Å². The fourth-order valence-electron chi connectivity index (χ4n) is 3.24. The monoisotopic (exact) mass is 316 g/mol. The van der Waals surface area contributed by atoms with Crippen LogP contribution in [0.4, 0.5) is 0 Å². The Hall–Kier alpha value is -1.61. The molecule has 0 bridgehead atoms. The lowest BCUT2D eigenvalue weighted by Gasteiger charge is -2.17. The van der Waals surface area contributed by atoms with Gasteiger partial charge in [-0.05, 0) is 51.5 Å². The van der Waals surface area contributed by atoms with Crippen molar-refractivity contribution in [1.82, 2.24) is 0 Å². The molecule has 1 saturated heterocycles. The van der Waals surface area contributed by atoms with E-state index in [1.54, 1.807) is 0 Å². The van der Waals surface area contributed by atoms with Crippen LogP contribution in [0.5, 0.6) is 0 Å². The molecule has 1 aliphatic heterocycles. The highest BCUT2D eigenvalue weighted by atomic mass is 16.6. The Morgan fingerprint density at radius 3 is 2.61 bits per heavy atom. The van der Waals surface area contributed by atoms with Gasteiger partial charge in [0.1, 0.15) is 6.10 Å². The quantitative estimate of drug-likeness (QED) is 0.447. The highest BCUT2D eigenvalue weighted by Gasteiger charge is 2.37. The van der Waals surface area contributed by atoms with Gasteiger partial charge in [-0.3, -0.25) is 0 Å². The molecule has 0 aromatic carbocycles. The molecule has 1 N–H and O–H groups in total. The van der Waals surface area contributed by atoms with E-state index in [-0.39, 0.29) is 24.6 Å². The molecular weight excluding hydrogens is 288 g/mol. The minimum atomic E-state index is -0.270. The number of esters is 1. The molecule has 0 aromatic heterocycles. The van der Waals surface area contributed by atoms with E-state index in [0.717, 1.165) is 37.7 Å². The van der Waals surface area contributed by atoms with E-state index in [4.69, 9.17) is 4.74 Å². The van der Waals surface area contributed by atoms with Crippen LogP contribution < -0.4 is 0 Å². The zero-order chi connectivity index (χ0) is 16.8. The summed E-state index contributed by atoms with van der Waals surface area (Å²) in [4.78, 5) is 11.9. The summed E-state index contributed by atoms with van der Waals surface area (Å²) in [6.07, 6.45) is 11.8. The lowest BCUT2D eigenvalue weighted by Crippen LogP contribution is -2.17. The summed E-state index contributed by atoms with van der Waals surface area (Å²) in [5.74, 6) is -0.249. The molecule has 0 amide bonds. The average molecular weight is 316 g/mol. The van der Waals surface area contributed by atoms with E-state index in [1.807, 2.05) is 0 Å². The molecule has 126 valence electrons. The summed E-state index contributed by atoms with van der Waals surface area (Å²) >= 11 is 0. The van der Waals surface area contributed by atoms with Crippen molar-refractivity contribution in [1.29, 1.82) is 0 Å². The Morgan fingerprint density at radius 1 is 1.17 bits per heavy atom. The Labute approximate surface area is 139 Å². The fourth-order valence-corrected chi connectivity index (χ4v) is 3.24. The molecule has 2 aliphatic rings. The molecule has 0 radical (unpaired) electrons. The second-order valence-electron chi connectivity index (χ2n) is 6.71. The minimum absolute atomic E-state index is 0.0209. The number of rotatable bonds is 1. The molecule has 2 rings (SSSR count). The van der Waals surface area contributed by atoms with E-state index in [9.17, 15) is 9.90 Å². The zero-order valence-corrected chi connectivity index (χ0v) is 14.3. The first-order chi connectivity index (χ1) is 11.0. The lowest BCUT2D eigenvalue weighted by atomic mass is 9.88. The average Bonchev–Trinajstić information content (AvgIpc) is 2.76. The Balaban J connectivity index is 2.22. The molecule has 0 aromatic rings. The number of ether oxygens (including phenoxy) is 1. The standard InChI is InChI=1S/C20H28O3/c1-14-6-4-8-15(2)12-19-18(16(3)20(22)23-19)11-10-17(13-21)9-5-7-14/h7-8,10,18-19,21H,3-6,9,11-13H2,1-2H3/b14-7+,15-8+,17-10-/t18-,19+/m0/s1. The molecule has 0 saturated carbocycles. The van der Waals surface area contributed by atoms with E-state index in [2.05, 4.69) is 38.7 Å². The van der Waals surface area contributed by atoms with Crippen LogP contribution in [-0.4, -0.2) is 23.8 Å². The second-order valence-corrected chi connectivity index (χ2v) is 6.71. The van der Waals surface area contributed by atoms with Crippen LogP contribution in [0.25, 0.3) is 0 Å². The Bertz CT molecular complexity index is 551. The highest BCUT2D eigenvalue weighted by Crippen LogP contribution is 2.34. The first-order valence-electron chi connectivity index (χ1n) is 8.51. The van der Waals surface area contributed by atoms with Gasteiger partial charge in [0.15, 0.2) is 0 Å². The van der Waals surface area contributed by atoms with Crippen molar-refractivity contribution in [3.63, 3.8) is 0 Å². The van der Waals surface area contributed by atoms with Crippen LogP contribution in [-0.2, 0) is 9.53 Å². The summed E-state index contributed by atoms with van der Waals surface area (Å²) in [6, 6.07) is 0. The number of hydrogen-bond donors (Lipinski definition) is 1. The van der Waals surface area contributed by atoms with Gasteiger partial charge in [-0.25, -0.2) is 4.79 Å². The number of aliphatic hydroxyl groups is 1. The summed E-state index contributed by atoms with van der Waals surface area (Å²) in [6.45, 7) is 8.25. The molecule has 2 atom stereocenters. The van der Waals surface area contributed by atoms with Crippen LogP contribution >= 0.6 is 0 Å². The third-order valence-electron chi connectivity index (χ3n) is 4.79. The Kier molecular flexibility index (Phi) is 6.40. The first-order valence-corrected chi connectivity index (χ1v) is 8.51. The maximum atomic E-state index is 11.9. The molecule has 1 fully saturated rings. The minimum Gasteiger partial charge on any atom is -0.458 e. The summed E-state index contributed by atoms with van der Waals surface area (Å²) in [7, 11) is 0. The van der Waals surface area contributed by atoms with E-state index in [0.29, 0.717) is 12.0 Å². The van der Waals surface area contributed by atoms with E-state index >= 15 is 0 Å². The van der Waals surface area contributed by atoms with Crippen molar-refractivity contribution < 1.29 is 14.6 Å². The number of carbonyl (C=O) groups excluding carboxylic acids is 1. The van der Waals surface area contributed by atoms with Crippen LogP contribution in [0, 0.1) is 5.92 Å². The molecule has 1 aliphatic carbocycles. The van der Waals surface area contributed by atoms with Gasteiger partial charge >= 0.3 is 5.97 Å². The van der Waals surface area contributed by atoms with Gasteiger partial charge in [-0.1, -0.05) is 36.0 Å². The van der Waals surface area contributed by atoms with Crippen LogP contribution in [0.3, 0.4) is 0 Å². The van der Waals surface area contributed by atoms with E-state index in [1.165, 1.54) is 11.1 Å². The van der Waals surface area contributed by atoms with Crippen molar-refractivity contribution in [2.45, 2.75) is 58.5 Å². The van der Waals surface area contributed by atoms with Gasteiger partial charge in [0, 0.05) is 17.9 Å². The van der Waals surface area contributed by atoms with Crippen molar-refractivity contribution >= 4 is 5.97 Å². The number of aliphatic hydroxyl groups excluding tert-OH is 1. The lowest BCUT2D eigenvalue weighted by molar-refractivity contribution is -0.139. The molecule has 3 heteroatoms. The maximum absolute atomic E-state index is 11.9. The number of fused-ring (bicyclic) bond motifs is 1. The second kappa shape index (κ2) is 8.30. The molecule has 3 nitrogen and oxygen atoms in total. The predicted molar refractivity (Wildman–Crippen MR) is 92.9 cm³/mol. The highest BCUT2D eigenvalue weighted by molar-refractivity contribution is 5.90. The third kappa shape index (κ3) is 4.93. The zero-order valence-electron chi connectivity index (χ0n) is 14.3. The normalized spacial score (nSPS) is 34.1. The van der Waals surface area contributed by atoms with Gasteiger partial charge in [0.05, 0.1) is 6.61 Å². The Morgan fingerprint density at radius 2 is 1.87 bits per heavy atom. The number of allylic oxidation sites excluding steroid dienone is 4.